The summed E-state index contributed by atoms with van der Waals surface area (Å²) in [5, 5.41) is 3.52. The second-order valence-corrected chi connectivity index (χ2v) is 6.88. The fourth-order valence-corrected chi connectivity index (χ4v) is 3.16. The van der Waals surface area contributed by atoms with Gasteiger partial charge in [-0.05, 0) is 44.3 Å². The van der Waals surface area contributed by atoms with E-state index < -0.39 is 0 Å². The van der Waals surface area contributed by atoms with Gasteiger partial charge < -0.3 is 15.1 Å². The van der Waals surface area contributed by atoms with Crippen LogP contribution in [0.15, 0.2) is 29.3 Å². The fourth-order valence-electron chi connectivity index (χ4n) is 3.16. The van der Waals surface area contributed by atoms with E-state index in [0.717, 1.165) is 19.0 Å². The van der Waals surface area contributed by atoms with Crippen LogP contribution in [-0.2, 0) is 6.54 Å². The summed E-state index contributed by atoms with van der Waals surface area (Å²) in [5.41, 5.74) is 2.61. The Morgan fingerprint density at radius 2 is 1.88 bits per heavy atom. The summed E-state index contributed by atoms with van der Waals surface area (Å²) in [6.07, 6.45) is 2.72. The van der Waals surface area contributed by atoms with Gasteiger partial charge in [0.25, 0.3) is 0 Å². The molecule has 24 heavy (non-hydrogen) atoms. The van der Waals surface area contributed by atoms with Crippen molar-refractivity contribution in [2.24, 2.45) is 10.9 Å². The smallest absolute Gasteiger partial charge is 0.193 e. The number of benzene rings is 1. The lowest BCUT2D eigenvalue weighted by Gasteiger charge is -2.25. The largest absolute Gasteiger partial charge is 0.356 e. The van der Waals surface area contributed by atoms with Gasteiger partial charge >= 0.3 is 0 Å². The monoisotopic (exact) mass is 444 g/mol. The molecular weight excluding hydrogens is 411 g/mol. The average molecular weight is 444 g/mol. The quantitative estimate of drug-likeness (QED) is 0.415. The summed E-state index contributed by atoms with van der Waals surface area (Å²) in [5.74, 6) is 1.61. The van der Waals surface area contributed by atoms with Crippen LogP contribution in [0.3, 0.4) is 0 Å². The van der Waals surface area contributed by atoms with E-state index in [4.69, 9.17) is 0 Å². The van der Waals surface area contributed by atoms with E-state index in [0.29, 0.717) is 5.92 Å². The summed E-state index contributed by atoms with van der Waals surface area (Å²) >= 11 is 0. The number of aryl methyl sites for hydroxylation is 1. The van der Waals surface area contributed by atoms with Crippen LogP contribution in [0.1, 0.15) is 30.9 Å². The molecule has 136 valence electrons. The summed E-state index contributed by atoms with van der Waals surface area (Å²) < 4.78 is 0. The molecule has 1 aromatic carbocycles. The SMILES string of the molecule is CN=C(NCC(C)CN1CCCC1)N(C)Cc1ccc(C)cc1.I. The summed E-state index contributed by atoms with van der Waals surface area (Å²) in [6, 6.07) is 8.71. The van der Waals surface area contributed by atoms with Crippen LogP contribution in [-0.4, -0.2) is 56.0 Å². The second-order valence-electron chi connectivity index (χ2n) is 6.88. The van der Waals surface area contributed by atoms with Gasteiger partial charge in [0.2, 0.25) is 0 Å². The molecule has 0 saturated carbocycles. The van der Waals surface area contributed by atoms with Gasteiger partial charge in [0.15, 0.2) is 5.96 Å². The number of nitrogens with zero attached hydrogens (tertiary/aromatic N) is 3. The zero-order valence-electron chi connectivity index (χ0n) is 15.6. The molecule has 1 fully saturated rings. The second kappa shape index (κ2) is 10.9. The Balaban J connectivity index is 0.00000288. The minimum Gasteiger partial charge on any atom is -0.356 e. The molecule has 2 rings (SSSR count). The van der Waals surface area contributed by atoms with Crippen molar-refractivity contribution < 1.29 is 0 Å². The van der Waals surface area contributed by atoms with E-state index in [1.54, 1.807) is 0 Å². The standard InChI is InChI=1S/C19H32N4.HI/c1-16-7-9-18(10-8-16)15-22(4)19(20-3)21-13-17(2)14-23-11-5-6-12-23;/h7-10,17H,5-6,11-15H2,1-4H3,(H,20,21);1H. The third-order valence-corrected chi connectivity index (χ3v) is 4.49. The van der Waals surface area contributed by atoms with Gasteiger partial charge in [-0.3, -0.25) is 4.99 Å². The molecule has 0 radical (unpaired) electrons. The Morgan fingerprint density at radius 1 is 1.25 bits per heavy atom. The van der Waals surface area contributed by atoms with Crippen LogP contribution in [0, 0.1) is 12.8 Å². The van der Waals surface area contributed by atoms with Gasteiger partial charge in [0, 0.05) is 33.7 Å². The van der Waals surface area contributed by atoms with Crippen LogP contribution in [0.5, 0.6) is 0 Å². The molecule has 0 aliphatic carbocycles. The first kappa shape index (κ1) is 21.2. The minimum absolute atomic E-state index is 0. The fraction of sp³-hybridized carbons (Fsp3) is 0.632. The Kier molecular flexibility index (Phi) is 9.66. The lowest BCUT2D eigenvalue weighted by molar-refractivity contribution is 0.286. The molecule has 0 spiro atoms. The van der Waals surface area contributed by atoms with Crippen molar-refractivity contribution in [1.29, 1.82) is 0 Å². The molecule has 0 aromatic heterocycles. The highest BCUT2D eigenvalue weighted by atomic mass is 127. The van der Waals surface area contributed by atoms with E-state index in [9.17, 15) is 0 Å². The van der Waals surface area contributed by atoms with Gasteiger partial charge in [-0.25, -0.2) is 0 Å². The molecule has 1 aromatic rings. The summed E-state index contributed by atoms with van der Waals surface area (Å²) in [4.78, 5) is 9.19. The number of halogens is 1. The topological polar surface area (TPSA) is 30.9 Å². The molecule has 1 unspecified atom stereocenters. The van der Waals surface area contributed by atoms with Gasteiger partial charge in [-0.15, -0.1) is 24.0 Å². The number of nitrogens with one attached hydrogen (secondary N) is 1. The number of likely N-dealkylation sites (tertiary alicyclic amines) is 1. The molecule has 5 heteroatoms. The van der Waals surface area contributed by atoms with Crippen LogP contribution in [0.2, 0.25) is 0 Å². The summed E-state index contributed by atoms with van der Waals surface area (Å²) in [7, 11) is 3.96. The Hall–Kier alpha value is -0.820. The van der Waals surface area contributed by atoms with E-state index in [1.807, 2.05) is 7.05 Å². The maximum Gasteiger partial charge on any atom is 0.193 e. The Bertz CT molecular complexity index is 495. The Labute approximate surface area is 164 Å². The molecule has 1 saturated heterocycles. The van der Waals surface area contributed by atoms with Crippen molar-refractivity contribution in [3.8, 4) is 0 Å². The first-order chi connectivity index (χ1) is 11.1. The Morgan fingerprint density at radius 3 is 2.46 bits per heavy atom. The van der Waals surface area contributed by atoms with Crippen LogP contribution in [0.25, 0.3) is 0 Å². The van der Waals surface area contributed by atoms with Gasteiger partial charge in [0.1, 0.15) is 0 Å². The van der Waals surface area contributed by atoms with Gasteiger partial charge in [0.05, 0.1) is 0 Å². The molecule has 1 N–H and O–H groups in total. The molecular formula is C19H33IN4. The highest BCUT2D eigenvalue weighted by Gasteiger charge is 2.15. The molecule has 1 aliphatic heterocycles. The molecule has 0 amide bonds. The van der Waals surface area contributed by atoms with Crippen molar-refractivity contribution in [3.63, 3.8) is 0 Å². The zero-order valence-corrected chi connectivity index (χ0v) is 17.9. The first-order valence-corrected chi connectivity index (χ1v) is 8.78. The molecule has 1 atom stereocenters. The molecule has 1 heterocycles. The third-order valence-electron chi connectivity index (χ3n) is 4.49. The molecule has 1 aliphatic rings. The maximum atomic E-state index is 4.42. The lowest BCUT2D eigenvalue weighted by Crippen LogP contribution is -2.42. The summed E-state index contributed by atoms with van der Waals surface area (Å²) in [6.45, 7) is 10.0. The number of guanidine groups is 1. The predicted octanol–water partition coefficient (Wildman–Crippen LogP) is 3.35. The highest BCUT2D eigenvalue weighted by molar-refractivity contribution is 14.0. The molecule has 0 bridgehead atoms. The van der Waals surface area contributed by atoms with Crippen molar-refractivity contribution in [1.82, 2.24) is 15.1 Å². The highest BCUT2D eigenvalue weighted by Crippen LogP contribution is 2.10. The number of aliphatic imine (C=N–C) groups is 1. The molecule has 4 nitrogen and oxygen atoms in total. The first-order valence-electron chi connectivity index (χ1n) is 8.78. The normalized spacial score (nSPS) is 16.6. The van der Waals surface area contributed by atoms with E-state index in [2.05, 4.69) is 65.3 Å². The third kappa shape index (κ3) is 6.97. The predicted molar refractivity (Wildman–Crippen MR) is 114 cm³/mol. The van der Waals surface area contributed by atoms with Crippen LogP contribution < -0.4 is 5.32 Å². The van der Waals surface area contributed by atoms with Crippen LogP contribution in [0.4, 0.5) is 0 Å². The number of rotatable bonds is 6. The number of hydrogen-bond donors (Lipinski definition) is 1. The van der Waals surface area contributed by atoms with Crippen molar-refractivity contribution >= 4 is 29.9 Å². The van der Waals surface area contributed by atoms with Gasteiger partial charge in [-0.2, -0.15) is 0 Å². The van der Waals surface area contributed by atoms with Crippen molar-refractivity contribution in [2.45, 2.75) is 33.2 Å². The number of hydrogen-bond acceptors (Lipinski definition) is 2. The van der Waals surface area contributed by atoms with E-state index in [1.165, 1.54) is 43.6 Å². The minimum atomic E-state index is 0. The van der Waals surface area contributed by atoms with Crippen LogP contribution >= 0.6 is 24.0 Å². The van der Waals surface area contributed by atoms with E-state index in [-0.39, 0.29) is 24.0 Å². The average Bonchev–Trinajstić information content (AvgIpc) is 3.03. The van der Waals surface area contributed by atoms with E-state index >= 15 is 0 Å². The van der Waals surface area contributed by atoms with Crippen molar-refractivity contribution in [3.05, 3.63) is 35.4 Å². The maximum absolute atomic E-state index is 4.42. The van der Waals surface area contributed by atoms with Gasteiger partial charge in [-0.1, -0.05) is 36.8 Å². The van der Waals surface area contributed by atoms with Crippen molar-refractivity contribution in [2.75, 3.05) is 40.3 Å². The zero-order chi connectivity index (χ0) is 16.7. The lowest BCUT2D eigenvalue weighted by atomic mass is 10.1.